The van der Waals surface area contributed by atoms with Gasteiger partial charge in [0.1, 0.15) is 0 Å². The molecule has 3 heteroatoms. The monoisotopic (exact) mass is 254 g/mol. The third-order valence-corrected chi connectivity index (χ3v) is 5.26. The summed E-state index contributed by atoms with van der Waals surface area (Å²) in [6.45, 7) is 4.75. The van der Waals surface area contributed by atoms with E-state index in [0.717, 1.165) is 24.9 Å². The lowest BCUT2D eigenvalue weighted by Crippen LogP contribution is -2.47. The minimum atomic E-state index is -0.108. The van der Waals surface area contributed by atoms with Crippen LogP contribution in [0.3, 0.4) is 0 Å². The molecule has 0 radical (unpaired) electrons. The number of hydrogen-bond acceptors (Lipinski definition) is 3. The molecule has 106 valence electrons. The van der Waals surface area contributed by atoms with E-state index in [4.69, 9.17) is 0 Å². The molecule has 0 bridgehead atoms. The molecule has 1 aliphatic heterocycles. The van der Waals surface area contributed by atoms with Gasteiger partial charge in [0.15, 0.2) is 0 Å². The molecule has 2 aliphatic rings. The van der Waals surface area contributed by atoms with Crippen molar-refractivity contribution >= 4 is 0 Å². The van der Waals surface area contributed by atoms with Crippen LogP contribution < -0.4 is 5.32 Å². The second kappa shape index (κ2) is 6.36. The van der Waals surface area contributed by atoms with Gasteiger partial charge in [0.05, 0.1) is 6.61 Å². The highest BCUT2D eigenvalue weighted by molar-refractivity contribution is 4.90. The van der Waals surface area contributed by atoms with Gasteiger partial charge in [0, 0.05) is 18.1 Å². The fourth-order valence-electron chi connectivity index (χ4n) is 3.68. The third kappa shape index (κ3) is 3.25. The molecule has 2 rings (SSSR count). The van der Waals surface area contributed by atoms with Gasteiger partial charge in [-0.3, -0.25) is 0 Å². The molecule has 0 aromatic carbocycles. The molecule has 2 fully saturated rings. The van der Waals surface area contributed by atoms with Gasteiger partial charge in [0.2, 0.25) is 0 Å². The van der Waals surface area contributed by atoms with E-state index in [1.165, 1.54) is 45.1 Å². The van der Waals surface area contributed by atoms with Gasteiger partial charge in [0.25, 0.3) is 0 Å². The van der Waals surface area contributed by atoms with Gasteiger partial charge in [-0.25, -0.2) is 0 Å². The van der Waals surface area contributed by atoms with Crippen LogP contribution in [0.2, 0.25) is 0 Å². The maximum absolute atomic E-state index is 9.46. The summed E-state index contributed by atoms with van der Waals surface area (Å²) < 4.78 is 0. The highest BCUT2D eigenvalue weighted by atomic mass is 16.3. The number of likely N-dealkylation sites (N-methyl/N-ethyl adjacent to an activating group) is 1. The standard InChI is InChI=1S/C15H30N2O/c1-15(12-18,16-2)9-11-17-10-5-8-14(17)13-6-3-4-7-13/h13-14,16,18H,3-12H2,1-2H3. The SMILES string of the molecule is CNC(C)(CO)CCN1CCCC1C1CCCC1. The Labute approximate surface area is 112 Å². The molecule has 18 heavy (non-hydrogen) atoms. The lowest BCUT2D eigenvalue weighted by atomic mass is 9.94. The molecule has 1 saturated carbocycles. The Kier molecular flexibility index (Phi) is 5.05. The molecule has 0 spiro atoms. The number of likely N-dealkylation sites (tertiary alicyclic amines) is 1. The zero-order chi connectivity index (χ0) is 13.0. The molecule has 2 N–H and O–H groups in total. The van der Waals surface area contributed by atoms with Crippen molar-refractivity contribution in [2.24, 2.45) is 5.92 Å². The number of rotatable bonds is 6. The largest absolute Gasteiger partial charge is 0.394 e. The maximum Gasteiger partial charge on any atom is 0.0610 e. The van der Waals surface area contributed by atoms with Gasteiger partial charge < -0.3 is 15.3 Å². The summed E-state index contributed by atoms with van der Waals surface area (Å²) in [7, 11) is 1.95. The van der Waals surface area contributed by atoms with Crippen LogP contribution in [-0.2, 0) is 0 Å². The smallest absolute Gasteiger partial charge is 0.0610 e. The van der Waals surface area contributed by atoms with Crippen molar-refractivity contribution in [1.82, 2.24) is 10.2 Å². The Balaban J connectivity index is 1.84. The van der Waals surface area contributed by atoms with Gasteiger partial charge in [-0.1, -0.05) is 12.8 Å². The van der Waals surface area contributed by atoms with Crippen LogP contribution in [0.1, 0.15) is 51.9 Å². The van der Waals surface area contributed by atoms with E-state index in [9.17, 15) is 5.11 Å². The van der Waals surface area contributed by atoms with E-state index in [0.29, 0.717) is 0 Å². The molecular formula is C15H30N2O. The summed E-state index contributed by atoms with van der Waals surface area (Å²) >= 11 is 0. The molecule has 1 aliphatic carbocycles. The zero-order valence-corrected chi connectivity index (χ0v) is 12.1. The van der Waals surface area contributed by atoms with Crippen LogP contribution >= 0.6 is 0 Å². The van der Waals surface area contributed by atoms with Crippen molar-refractivity contribution in [3.8, 4) is 0 Å². The molecule has 0 aromatic rings. The van der Waals surface area contributed by atoms with Crippen LogP contribution in [0.5, 0.6) is 0 Å². The molecule has 2 atom stereocenters. The molecule has 0 amide bonds. The number of nitrogens with zero attached hydrogens (tertiary/aromatic N) is 1. The summed E-state index contributed by atoms with van der Waals surface area (Å²) in [4.78, 5) is 2.70. The summed E-state index contributed by atoms with van der Waals surface area (Å²) in [5.74, 6) is 0.961. The van der Waals surface area contributed by atoms with Gasteiger partial charge in [-0.2, -0.15) is 0 Å². The van der Waals surface area contributed by atoms with E-state index < -0.39 is 0 Å². The average molecular weight is 254 g/mol. The second-order valence-electron chi connectivity index (χ2n) is 6.51. The van der Waals surface area contributed by atoms with Gasteiger partial charge in [-0.15, -0.1) is 0 Å². The Hall–Kier alpha value is -0.120. The topological polar surface area (TPSA) is 35.5 Å². The number of aliphatic hydroxyl groups is 1. The molecular weight excluding hydrogens is 224 g/mol. The van der Waals surface area contributed by atoms with E-state index in [2.05, 4.69) is 17.1 Å². The third-order valence-electron chi connectivity index (χ3n) is 5.26. The number of nitrogens with one attached hydrogen (secondary N) is 1. The fourth-order valence-corrected chi connectivity index (χ4v) is 3.68. The number of aliphatic hydroxyl groups excluding tert-OH is 1. The average Bonchev–Trinajstić information content (AvgIpc) is 3.05. The summed E-state index contributed by atoms with van der Waals surface area (Å²) in [6.07, 6.45) is 9.61. The Morgan fingerprint density at radius 1 is 1.22 bits per heavy atom. The van der Waals surface area contributed by atoms with Crippen molar-refractivity contribution in [2.45, 2.75) is 63.5 Å². The first-order chi connectivity index (χ1) is 8.68. The predicted octanol–water partition coefficient (Wildman–Crippen LogP) is 2.00. The molecule has 2 unspecified atom stereocenters. The fraction of sp³-hybridized carbons (Fsp3) is 1.00. The Bertz CT molecular complexity index is 247. The quantitative estimate of drug-likeness (QED) is 0.761. The summed E-state index contributed by atoms with van der Waals surface area (Å²) in [6, 6.07) is 0.840. The summed E-state index contributed by atoms with van der Waals surface area (Å²) in [5.41, 5.74) is -0.108. The van der Waals surface area contributed by atoms with Crippen molar-refractivity contribution in [1.29, 1.82) is 0 Å². The Morgan fingerprint density at radius 3 is 2.56 bits per heavy atom. The highest BCUT2D eigenvalue weighted by Gasteiger charge is 2.34. The van der Waals surface area contributed by atoms with Crippen LogP contribution in [0.25, 0.3) is 0 Å². The van der Waals surface area contributed by atoms with Crippen molar-refractivity contribution in [3.63, 3.8) is 0 Å². The Morgan fingerprint density at radius 2 is 1.94 bits per heavy atom. The minimum Gasteiger partial charge on any atom is -0.394 e. The van der Waals surface area contributed by atoms with Gasteiger partial charge in [-0.05, 0) is 58.5 Å². The first-order valence-electron chi connectivity index (χ1n) is 7.72. The predicted molar refractivity (Wildman–Crippen MR) is 75.7 cm³/mol. The van der Waals surface area contributed by atoms with E-state index >= 15 is 0 Å². The zero-order valence-electron chi connectivity index (χ0n) is 12.1. The minimum absolute atomic E-state index is 0.108. The van der Waals surface area contributed by atoms with E-state index in [1.54, 1.807) is 0 Å². The van der Waals surface area contributed by atoms with Crippen LogP contribution in [0.4, 0.5) is 0 Å². The number of hydrogen-bond donors (Lipinski definition) is 2. The van der Waals surface area contributed by atoms with Crippen molar-refractivity contribution in [3.05, 3.63) is 0 Å². The molecule has 1 saturated heterocycles. The van der Waals surface area contributed by atoms with Crippen LogP contribution in [-0.4, -0.2) is 48.3 Å². The maximum atomic E-state index is 9.46. The van der Waals surface area contributed by atoms with E-state index in [-0.39, 0.29) is 12.1 Å². The summed E-state index contributed by atoms with van der Waals surface area (Å²) in [5, 5.41) is 12.7. The molecule has 0 aromatic heterocycles. The normalized spacial score (nSPS) is 29.8. The lowest BCUT2D eigenvalue weighted by molar-refractivity contribution is 0.133. The second-order valence-corrected chi connectivity index (χ2v) is 6.51. The van der Waals surface area contributed by atoms with Crippen LogP contribution in [0.15, 0.2) is 0 Å². The molecule has 3 nitrogen and oxygen atoms in total. The first-order valence-corrected chi connectivity index (χ1v) is 7.72. The van der Waals surface area contributed by atoms with Crippen LogP contribution in [0, 0.1) is 5.92 Å². The first kappa shape index (κ1) is 14.3. The van der Waals surface area contributed by atoms with E-state index in [1.807, 2.05) is 7.05 Å². The van der Waals surface area contributed by atoms with Gasteiger partial charge >= 0.3 is 0 Å². The van der Waals surface area contributed by atoms with Crippen molar-refractivity contribution in [2.75, 3.05) is 26.7 Å². The molecule has 1 heterocycles. The van der Waals surface area contributed by atoms with Crippen molar-refractivity contribution < 1.29 is 5.11 Å². The lowest BCUT2D eigenvalue weighted by Gasteiger charge is -2.33. The highest BCUT2D eigenvalue weighted by Crippen LogP contribution is 2.35.